The maximum absolute atomic E-state index is 5.00. The average Bonchev–Trinajstić information content (AvgIpc) is 1.94. The van der Waals surface area contributed by atoms with E-state index in [1.807, 2.05) is 31.2 Å². The highest BCUT2D eigenvalue weighted by Gasteiger charge is 1.89. The van der Waals surface area contributed by atoms with Crippen molar-refractivity contribution in [2.24, 2.45) is 10.9 Å². The predicted octanol–water partition coefficient (Wildman–Crippen LogP) is 1.29. The molecule has 1 rings (SSSR count). The predicted molar refractivity (Wildman–Crippen MR) is 43.0 cm³/mol. The number of benzene rings is 1. The monoisotopic (exact) mass is 134 g/mol. The first-order valence-corrected chi connectivity index (χ1v) is 3.13. The van der Waals surface area contributed by atoms with Crippen LogP contribution in [-0.2, 0) is 0 Å². The third kappa shape index (κ3) is 1.35. The molecule has 1 aromatic rings. The molecule has 0 saturated carbocycles. The molecule has 0 fully saturated rings. The number of aryl methyl sites for hydroxylation is 1. The number of rotatable bonds is 1. The van der Waals surface area contributed by atoms with Crippen LogP contribution in [0, 0.1) is 6.92 Å². The van der Waals surface area contributed by atoms with Crippen LogP contribution in [0.5, 0.6) is 0 Å². The van der Waals surface area contributed by atoms with Crippen molar-refractivity contribution in [3.8, 4) is 0 Å². The highest BCUT2D eigenvalue weighted by atomic mass is 15.1. The van der Waals surface area contributed by atoms with Gasteiger partial charge in [0.25, 0.3) is 0 Å². The number of nitrogens with zero attached hydrogens (tertiary/aromatic N) is 1. The molecule has 0 heterocycles. The van der Waals surface area contributed by atoms with Gasteiger partial charge in [0.15, 0.2) is 0 Å². The molecule has 0 atom stereocenters. The van der Waals surface area contributed by atoms with Crippen molar-refractivity contribution in [3.05, 3.63) is 35.4 Å². The number of hydrogen-bond donors (Lipinski definition) is 1. The van der Waals surface area contributed by atoms with Gasteiger partial charge in [-0.2, -0.15) is 5.10 Å². The molecule has 0 aliphatic carbocycles. The zero-order valence-electron chi connectivity index (χ0n) is 5.91. The van der Waals surface area contributed by atoms with Crippen molar-refractivity contribution in [3.63, 3.8) is 0 Å². The van der Waals surface area contributed by atoms with E-state index in [1.54, 1.807) is 6.21 Å². The van der Waals surface area contributed by atoms with Crippen molar-refractivity contribution < 1.29 is 0 Å². The van der Waals surface area contributed by atoms with Gasteiger partial charge in [-0.1, -0.05) is 24.3 Å². The first-order valence-electron chi connectivity index (χ1n) is 3.13. The first-order chi connectivity index (χ1) is 4.84. The van der Waals surface area contributed by atoms with E-state index in [2.05, 4.69) is 5.10 Å². The summed E-state index contributed by atoms with van der Waals surface area (Å²) in [6, 6.07) is 7.95. The third-order valence-electron chi connectivity index (χ3n) is 1.40. The molecule has 2 nitrogen and oxygen atoms in total. The Morgan fingerprint density at radius 3 is 2.70 bits per heavy atom. The smallest absolute Gasteiger partial charge is 0.0540 e. The molecule has 0 aromatic heterocycles. The Hall–Kier alpha value is -1.31. The van der Waals surface area contributed by atoms with Gasteiger partial charge >= 0.3 is 0 Å². The van der Waals surface area contributed by atoms with Crippen molar-refractivity contribution in [1.82, 2.24) is 0 Å². The van der Waals surface area contributed by atoms with Gasteiger partial charge in [0, 0.05) is 0 Å². The van der Waals surface area contributed by atoms with E-state index in [0.29, 0.717) is 0 Å². The molecular formula is C8H10N2. The highest BCUT2D eigenvalue weighted by Crippen LogP contribution is 2.02. The van der Waals surface area contributed by atoms with Crippen LogP contribution < -0.4 is 5.84 Å². The molecule has 1 aromatic carbocycles. The fraction of sp³-hybridized carbons (Fsp3) is 0.125. The van der Waals surface area contributed by atoms with Gasteiger partial charge in [-0.3, -0.25) is 0 Å². The SMILES string of the molecule is Cc1ccccc1/C=N/N. The molecule has 0 spiro atoms. The van der Waals surface area contributed by atoms with Crippen LogP contribution in [0.4, 0.5) is 0 Å². The number of hydrogen-bond acceptors (Lipinski definition) is 2. The Kier molecular flexibility index (Phi) is 2.05. The maximum Gasteiger partial charge on any atom is 0.0540 e. The molecule has 0 saturated heterocycles. The molecule has 0 amide bonds. The molecule has 0 bridgehead atoms. The maximum atomic E-state index is 5.00. The normalized spacial score (nSPS) is 10.5. The van der Waals surface area contributed by atoms with E-state index in [9.17, 15) is 0 Å². The topological polar surface area (TPSA) is 38.4 Å². The van der Waals surface area contributed by atoms with Gasteiger partial charge in [0.05, 0.1) is 6.21 Å². The molecule has 0 radical (unpaired) electrons. The summed E-state index contributed by atoms with van der Waals surface area (Å²) in [6.07, 6.45) is 1.65. The largest absolute Gasteiger partial charge is 0.323 e. The minimum atomic E-state index is 1.07. The van der Waals surface area contributed by atoms with Crippen molar-refractivity contribution >= 4 is 6.21 Å². The summed E-state index contributed by atoms with van der Waals surface area (Å²) < 4.78 is 0. The van der Waals surface area contributed by atoms with Crippen LogP contribution in [0.25, 0.3) is 0 Å². The van der Waals surface area contributed by atoms with E-state index in [-0.39, 0.29) is 0 Å². The third-order valence-corrected chi connectivity index (χ3v) is 1.40. The van der Waals surface area contributed by atoms with Gasteiger partial charge in [0.2, 0.25) is 0 Å². The fourth-order valence-electron chi connectivity index (χ4n) is 0.812. The van der Waals surface area contributed by atoms with Gasteiger partial charge in [-0.25, -0.2) is 0 Å². The zero-order valence-corrected chi connectivity index (χ0v) is 5.91. The summed E-state index contributed by atoms with van der Waals surface area (Å²) in [7, 11) is 0. The molecule has 0 aliphatic heterocycles. The van der Waals surface area contributed by atoms with E-state index in [0.717, 1.165) is 5.56 Å². The van der Waals surface area contributed by atoms with Crippen LogP contribution in [0.3, 0.4) is 0 Å². The summed E-state index contributed by atoms with van der Waals surface area (Å²) in [5.41, 5.74) is 2.27. The van der Waals surface area contributed by atoms with Gasteiger partial charge in [-0.05, 0) is 18.1 Å². The Morgan fingerprint density at radius 2 is 2.10 bits per heavy atom. The Morgan fingerprint density at radius 1 is 1.40 bits per heavy atom. The summed E-state index contributed by atoms with van der Waals surface area (Å²) in [4.78, 5) is 0. The van der Waals surface area contributed by atoms with E-state index in [4.69, 9.17) is 5.84 Å². The average molecular weight is 134 g/mol. The number of nitrogens with two attached hydrogens (primary N) is 1. The fourth-order valence-corrected chi connectivity index (χ4v) is 0.812. The second kappa shape index (κ2) is 3.01. The number of hydrazone groups is 1. The quantitative estimate of drug-likeness (QED) is 0.351. The van der Waals surface area contributed by atoms with Crippen LogP contribution in [0.15, 0.2) is 29.4 Å². The van der Waals surface area contributed by atoms with Gasteiger partial charge in [-0.15, -0.1) is 0 Å². The zero-order chi connectivity index (χ0) is 7.40. The summed E-state index contributed by atoms with van der Waals surface area (Å²) in [6.45, 7) is 2.02. The Labute approximate surface area is 60.4 Å². The second-order valence-corrected chi connectivity index (χ2v) is 2.13. The highest BCUT2D eigenvalue weighted by molar-refractivity contribution is 5.81. The summed E-state index contributed by atoms with van der Waals surface area (Å²) >= 11 is 0. The van der Waals surface area contributed by atoms with Crippen LogP contribution in [0.2, 0.25) is 0 Å². The standard InChI is InChI=1S/C8H10N2/c1-7-4-2-3-5-8(7)6-10-9/h2-6H,9H2,1H3/b10-6+. The lowest BCUT2D eigenvalue weighted by molar-refractivity contribution is 1.26. The molecule has 52 valence electrons. The van der Waals surface area contributed by atoms with Crippen LogP contribution in [0.1, 0.15) is 11.1 Å². The second-order valence-electron chi connectivity index (χ2n) is 2.13. The van der Waals surface area contributed by atoms with Crippen LogP contribution in [-0.4, -0.2) is 6.21 Å². The minimum absolute atomic E-state index is 1.07. The van der Waals surface area contributed by atoms with Crippen molar-refractivity contribution in [1.29, 1.82) is 0 Å². The lowest BCUT2D eigenvalue weighted by Gasteiger charge is -1.95. The van der Waals surface area contributed by atoms with Crippen molar-refractivity contribution in [2.45, 2.75) is 6.92 Å². The van der Waals surface area contributed by atoms with Gasteiger partial charge in [0.1, 0.15) is 0 Å². The molecule has 0 unspecified atom stereocenters. The molecular weight excluding hydrogens is 124 g/mol. The minimum Gasteiger partial charge on any atom is -0.323 e. The molecule has 2 N–H and O–H groups in total. The summed E-state index contributed by atoms with van der Waals surface area (Å²) in [5, 5.41) is 3.44. The Bertz CT molecular complexity index is 241. The molecule has 10 heavy (non-hydrogen) atoms. The van der Waals surface area contributed by atoms with Crippen LogP contribution >= 0.6 is 0 Å². The Balaban J connectivity index is 3.03. The first kappa shape index (κ1) is 6.81. The molecule has 0 aliphatic rings. The van der Waals surface area contributed by atoms with E-state index in [1.165, 1.54) is 5.56 Å². The van der Waals surface area contributed by atoms with Gasteiger partial charge < -0.3 is 5.84 Å². The summed E-state index contributed by atoms with van der Waals surface area (Å²) in [5.74, 6) is 5.00. The molecule has 2 heteroatoms. The van der Waals surface area contributed by atoms with E-state index >= 15 is 0 Å². The van der Waals surface area contributed by atoms with E-state index < -0.39 is 0 Å². The lowest BCUT2D eigenvalue weighted by atomic mass is 10.1. The lowest BCUT2D eigenvalue weighted by Crippen LogP contribution is -1.88. The van der Waals surface area contributed by atoms with Crippen molar-refractivity contribution in [2.75, 3.05) is 0 Å².